The second-order valence-corrected chi connectivity index (χ2v) is 3.87. The summed E-state index contributed by atoms with van der Waals surface area (Å²) < 4.78 is 5.71. The maximum atomic E-state index is 8.83. The van der Waals surface area contributed by atoms with Crippen molar-refractivity contribution in [3.05, 3.63) is 59.7 Å². The molecule has 2 N–H and O–H groups in total. The van der Waals surface area contributed by atoms with Crippen LogP contribution in [0.25, 0.3) is 0 Å². The van der Waals surface area contributed by atoms with Crippen molar-refractivity contribution in [2.75, 3.05) is 5.48 Å². The molecule has 0 saturated heterocycles. The molecule has 0 unspecified atom stereocenters. The number of hydrogen-bond acceptors (Lipinski definition) is 3. The lowest BCUT2D eigenvalue weighted by Crippen LogP contribution is -1.98. The molecule has 88 valence electrons. The predicted molar refractivity (Wildman–Crippen MR) is 67.4 cm³/mol. The van der Waals surface area contributed by atoms with Gasteiger partial charge in [-0.2, -0.15) is 0 Å². The first-order chi connectivity index (χ1) is 8.29. The molecule has 0 radical (unpaired) electrons. The molecule has 2 aromatic carbocycles. The lowest BCUT2D eigenvalue weighted by molar-refractivity contribution is 0.303. The number of hydrogen-bond donors (Lipinski definition) is 2. The Morgan fingerprint density at radius 3 is 2.59 bits per heavy atom. The van der Waals surface area contributed by atoms with Crippen molar-refractivity contribution in [3.63, 3.8) is 0 Å². The summed E-state index contributed by atoms with van der Waals surface area (Å²) in [7, 11) is 0. The van der Waals surface area contributed by atoms with Crippen LogP contribution in [0.5, 0.6) is 5.75 Å². The molecule has 0 atom stereocenters. The third kappa shape index (κ3) is 2.98. The van der Waals surface area contributed by atoms with E-state index in [2.05, 4.69) is 5.48 Å². The molecule has 0 aliphatic rings. The van der Waals surface area contributed by atoms with Gasteiger partial charge in [0, 0.05) is 6.07 Å². The second-order valence-electron chi connectivity index (χ2n) is 3.87. The Kier molecular flexibility index (Phi) is 3.62. The molecule has 17 heavy (non-hydrogen) atoms. The van der Waals surface area contributed by atoms with E-state index >= 15 is 0 Å². The summed E-state index contributed by atoms with van der Waals surface area (Å²) in [5.74, 6) is 0.771. The minimum atomic E-state index is 0.524. The minimum Gasteiger partial charge on any atom is -0.489 e. The maximum Gasteiger partial charge on any atom is 0.124 e. The number of rotatable bonds is 4. The summed E-state index contributed by atoms with van der Waals surface area (Å²) in [5, 5.41) is 8.83. The average molecular weight is 229 g/mol. The van der Waals surface area contributed by atoms with Crippen LogP contribution in [0.4, 0.5) is 5.69 Å². The number of aryl methyl sites for hydroxylation is 1. The van der Waals surface area contributed by atoms with Crippen molar-refractivity contribution < 1.29 is 9.94 Å². The highest BCUT2D eigenvalue weighted by molar-refractivity contribution is 5.50. The quantitative estimate of drug-likeness (QED) is 0.790. The van der Waals surface area contributed by atoms with E-state index in [0.29, 0.717) is 12.3 Å². The Morgan fingerprint density at radius 2 is 1.88 bits per heavy atom. The third-order valence-electron chi connectivity index (χ3n) is 2.55. The number of nitrogens with one attached hydrogen (secondary N) is 1. The van der Waals surface area contributed by atoms with Crippen LogP contribution in [0.3, 0.4) is 0 Å². The van der Waals surface area contributed by atoms with Crippen LogP contribution in [0, 0.1) is 6.92 Å². The summed E-state index contributed by atoms with van der Waals surface area (Å²) in [6.45, 7) is 2.50. The van der Waals surface area contributed by atoms with Gasteiger partial charge in [-0.3, -0.25) is 10.7 Å². The lowest BCUT2D eigenvalue weighted by atomic mass is 10.2. The molecule has 0 bridgehead atoms. The zero-order valence-corrected chi connectivity index (χ0v) is 9.68. The Morgan fingerprint density at radius 1 is 1.12 bits per heavy atom. The van der Waals surface area contributed by atoms with E-state index in [9.17, 15) is 0 Å². The smallest absolute Gasteiger partial charge is 0.124 e. The fourth-order valence-corrected chi connectivity index (χ4v) is 1.56. The van der Waals surface area contributed by atoms with Gasteiger partial charge in [0.05, 0.1) is 5.69 Å². The van der Waals surface area contributed by atoms with E-state index in [1.165, 1.54) is 0 Å². The molecule has 0 fully saturated rings. The number of benzene rings is 2. The van der Waals surface area contributed by atoms with Gasteiger partial charge in [0.15, 0.2) is 0 Å². The van der Waals surface area contributed by atoms with Gasteiger partial charge in [-0.25, -0.2) is 0 Å². The monoisotopic (exact) mass is 229 g/mol. The molecular formula is C14H15NO2. The highest BCUT2D eigenvalue weighted by Gasteiger charge is 2.01. The van der Waals surface area contributed by atoms with Gasteiger partial charge in [-0.15, -0.1) is 0 Å². The van der Waals surface area contributed by atoms with Gasteiger partial charge < -0.3 is 4.74 Å². The fraction of sp³-hybridized carbons (Fsp3) is 0.143. The van der Waals surface area contributed by atoms with Crippen molar-refractivity contribution in [1.82, 2.24) is 0 Å². The maximum absolute atomic E-state index is 8.83. The molecule has 0 aliphatic carbocycles. The van der Waals surface area contributed by atoms with Crippen LogP contribution >= 0.6 is 0 Å². The standard InChI is InChI=1S/C14H15NO2/c1-11-7-8-13(15-16)9-14(11)17-10-12-5-3-2-4-6-12/h2-9,15-16H,10H2,1H3. The molecule has 0 aliphatic heterocycles. The third-order valence-corrected chi connectivity index (χ3v) is 2.55. The Hall–Kier alpha value is -2.00. The van der Waals surface area contributed by atoms with Gasteiger partial charge in [0.2, 0.25) is 0 Å². The summed E-state index contributed by atoms with van der Waals surface area (Å²) >= 11 is 0. The Bertz CT molecular complexity index is 483. The van der Waals surface area contributed by atoms with Crippen LogP contribution in [0.2, 0.25) is 0 Å². The van der Waals surface area contributed by atoms with Crippen LogP contribution in [0.15, 0.2) is 48.5 Å². The van der Waals surface area contributed by atoms with Gasteiger partial charge in [0.1, 0.15) is 12.4 Å². The Labute approximate surface area is 101 Å². The molecule has 0 saturated carbocycles. The van der Waals surface area contributed by atoms with Gasteiger partial charge in [0.25, 0.3) is 0 Å². The minimum absolute atomic E-state index is 0.524. The first-order valence-corrected chi connectivity index (χ1v) is 5.47. The average Bonchev–Trinajstić information content (AvgIpc) is 2.39. The van der Waals surface area contributed by atoms with Crippen molar-refractivity contribution >= 4 is 5.69 Å². The van der Waals surface area contributed by atoms with Crippen molar-refractivity contribution in [1.29, 1.82) is 0 Å². The van der Waals surface area contributed by atoms with E-state index in [-0.39, 0.29) is 0 Å². The van der Waals surface area contributed by atoms with Crippen LogP contribution in [0.1, 0.15) is 11.1 Å². The zero-order chi connectivity index (χ0) is 12.1. The summed E-state index contributed by atoms with van der Waals surface area (Å²) in [5.41, 5.74) is 4.90. The van der Waals surface area contributed by atoms with Crippen LogP contribution < -0.4 is 10.2 Å². The van der Waals surface area contributed by atoms with E-state index in [1.54, 1.807) is 12.1 Å². The molecule has 2 rings (SSSR count). The van der Waals surface area contributed by atoms with Gasteiger partial charge in [-0.05, 0) is 24.1 Å². The zero-order valence-electron chi connectivity index (χ0n) is 9.68. The highest BCUT2D eigenvalue weighted by atomic mass is 16.5. The van der Waals surface area contributed by atoms with Crippen LogP contribution in [-0.2, 0) is 6.61 Å². The van der Waals surface area contributed by atoms with Gasteiger partial charge >= 0.3 is 0 Å². The summed E-state index contributed by atoms with van der Waals surface area (Å²) in [6, 6.07) is 15.5. The lowest BCUT2D eigenvalue weighted by Gasteiger charge is -2.10. The molecule has 2 aromatic rings. The van der Waals surface area contributed by atoms with E-state index in [4.69, 9.17) is 9.94 Å². The van der Waals surface area contributed by atoms with E-state index < -0.39 is 0 Å². The molecule has 0 spiro atoms. The number of ether oxygens (including phenoxy) is 1. The topological polar surface area (TPSA) is 41.5 Å². The molecule has 0 amide bonds. The molecule has 3 heteroatoms. The normalized spacial score (nSPS) is 10.0. The highest BCUT2D eigenvalue weighted by Crippen LogP contribution is 2.23. The van der Waals surface area contributed by atoms with E-state index in [0.717, 1.165) is 16.9 Å². The second kappa shape index (κ2) is 5.37. The van der Waals surface area contributed by atoms with Crippen LogP contribution in [-0.4, -0.2) is 5.21 Å². The molecule has 0 heterocycles. The van der Waals surface area contributed by atoms with Crippen molar-refractivity contribution in [3.8, 4) is 5.75 Å². The van der Waals surface area contributed by atoms with Gasteiger partial charge in [-0.1, -0.05) is 36.4 Å². The summed E-state index contributed by atoms with van der Waals surface area (Å²) in [4.78, 5) is 0. The summed E-state index contributed by atoms with van der Waals surface area (Å²) in [6.07, 6.45) is 0. The van der Waals surface area contributed by atoms with E-state index in [1.807, 2.05) is 43.3 Å². The first-order valence-electron chi connectivity index (χ1n) is 5.47. The predicted octanol–water partition coefficient (Wildman–Crippen LogP) is 3.38. The number of anilines is 1. The van der Waals surface area contributed by atoms with Crippen molar-refractivity contribution in [2.24, 2.45) is 0 Å². The fourth-order valence-electron chi connectivity index (χ4n) is 1.56. The van der Waals surface area contributed by atoms with Crippen molar-refractivity contribution in [2.45, 2.75) is 13.5 Å². The Balaban J connectivity index is 2.08. The largest absolute Gasteiger partial charge is 0.489 e. The molecular weight excluding hydrogens is 214 g/mol. The SMILES string of the molecule is Cc1ccc(NO)cc1OCc1ccccc1. The first kappa shape index (κ1) is 11.5. The molecule has 3 nitrogen and oxygen atoms in total. The molecule has 0 aromatic heterocycles.